The van der Waals surface area contributed by atoms with Crippen molar-refractivity contribution in [1.29, 1.82) is 0 Å². The third-order valence-corrected chi connectivity index (χ3v) is 5.50. The van der Waals surface area contributed by atoms with Crippen molar-refractivity contribution in [1.82, 2.24) is 16.0 Å². The highest BCUT2D eigenvalue weighted by Gasteiger charge is 2.37. The summed E-state index contributed by atoms with van der Waals surface area (Å²) in [6.45, 7) is 4.62. The van der Waals surface area contributed by atoms with E-state index in [0.717, 1.165) is 11.1 Å². The molecule has 9 nitrogen and oxygen atoms in total. The highest BCUT2D eigenvalue weighted by Crippen LogP contribution is 2.16. The third-order valence-electron chi connectivity index (χ3n) is 5.50. The molecule has 0 heterocycles. The average Bonchev–Trinajstić information content (AvgIpc) is 2.86. The molecule has 0 aliphatic rings. The van der Waals surface area contributed by atoms with Gasteiger partial charge in [-0.1, -0.05) is 60.7 Å². The Kier molecular flexibility index (Phi) is 10.3. The molecular formula is C26H33N3O6. The number of hydrogen-bond acceptors (Lipinski definition) is 6. The highest BCUT2D eigenvalue weighted by molar-refractivity contribution is 5.95. The Bertz CT molecular complexity index is 999. The summed E-state index contributed by atoms with van der Waals surface area (Å²) in [6, 6.07) is 16.8. The van der Waals surface area contributed by atoms with Crippen LogP contribution in [0, 0.1) is 0 Å². The number of aryl methyl sites for hydroxylation is 1. The van der Waals surface area contributed by atoms with Crippen molar-refractivity contribution in [2.75, 3.05) is 7.11 Å². The summed E-state index contributed by atoms with van der Waals surface area (Å²) in [7, 11) is 1.23. The van der Waals surface area contributed by atoms with E-state index in [4.69, 9.17) is 4.74 Å². The van der Waals surface area contributed by atoms with Gasteiger partial charge >= 0.3 is 12.1 Å². The van der Waals surface area contributed by atoms with Crippen LogP contribution in [0.1, 0.15) is 38.3 Å². The number of esters is 1. The SMILES string of the molecule is COC(=O)[C@H](C)NC(=O)[C@@](C)(CCc1ccccc1)NC(=O)[C@H](C)NC(=O)OCc1ccccc1. The van der Waals surface area contributed by atoms with Gasteiger partial charge in [-0.2, -0.15) is 0 Å². The number of benzene rings is 2. The van der Waals surface area contributed by atoms with Crippen LogP contribution in [0.25, 0.3) is 0 Å². The van der Waals surface area contributed by atoms with Crippen molar-refractivity contribution in [3.8, 4) is 0 Å². The molecule has 188 valence electrons. The molecule has 3 amide bonds. The summed E-state index contributed by atoms with van der Waals surface area (Å²) in [4.78, 5) is 50.0. The van der Waals surface area contributed by atoms with Crippen molar-refractivity contribution in [2.45, 2.75) is 57.8 Å². The molecule has 0 saturated heterocycles. The average molecular weight is 484 g/mol. The molecule has 2 aromatic rings. The zero-order valence-electron chi connectivity index (χ0n) is 20.5. The highest BCUT2D eigenvalue weighted by atomic mass is 16.5. The van der Waals surface area contributed by atoms with Crippen molar-refractivity contribution in [3.63, 3.8) is 0 Å². The molecule has 0 saturated carbocycles. The number of ether oxygens (including phenoxy) is 2. The van der Waals surface area contributed by atoms with Crippen molar-refractivity contribution in [3.05, 3.63) is 71.8 Å². The Labute approximate surface area is 205 Å². The van der Waals surface area contributed by atoms with Gasteiger partial charge in [-0.15, -0.1) is 0 Å². The van der Waals surface area contributed by atoms with E-state index in [9.17, 15) is 19.2 Å². The second-order valence-electron chi connectivity index (χ2n) is 8.45. The summed E-state index contributed by atoms with van der Waals surface area (Å²) in [5.41, 5.74) is 0.432. The molecule has 0 aromatic heterocycles. The van der Waals surface area contributed by atoms with Crippen LogP contribution in [0.2, 0.25) is 0 Å². The molecule has 0 fully saturated rings. The van der Waals surface area contributed by atoms with E-state index in [1.54, 1.807) is 6.92 Å². The van der Waals surface area contributed by atoms with E-state index in [0.29, 0.717) is 6.42 Å². The van der Waals surface area contributed by atoms with Crippen LogP contribution in [0.15, 0.2) is 60.7 Å². The summed E-state index contributed by atoms with van der Waals surface area (Å²) in [6.07, 6.45) is -0.00192. The molecule has 0 aliphatic heterocycles. The first-order valence-electron chi connectivity index (χ1n) is 11.4. The second kappa shape index (κ2) is 13.1. The summed E-state index contributed by atoms with van der Waals surface area (Å²) >= 11 is 0. The van der Waals surface area contributed by atoms with Crippen LogP contribution in [-0.2, 0) is 36.9 Å². The van der Waals surface area contributed by atoms with Gasteiger partial charge in [-0.25, -0.2) is 9.59 Å². The van der Waals surface area contributed by atoms with E-state index < -0.39 is 41.5 Å². The number of nitrogens with one attached hydrogen (secondary N) is 3. The normalized spacial score (nSPS) is 13.9. The van der Waals surface area contributed by atoms with Crippen molar-refractivity contribution < 1.29 is 28.7 Å². The van der Waals surface area contributed by atoms with Crippen LogP contribution >= 0.6 is 0 Å². The fraction of sp³-hybridized carbons (Fsp3) is 0.385. The number of hydrogen-bond donors (Lipinski definition) is 3. The number of methoxy groups -OCH3 is 1. The number of carbonyl (C=O) groups excluding carboxylic acids is 4. The molecule has 0 aliphatic carbocycles. The minimum absolute atomic E-state index is 0.0592. The van der Waals surface area contributed by atoms with Gasteiger partial charge in [-0.05, 0) is 44.7 Å². The predicted octanol–water partition coefficient (Wildman–Crippen LogP) is 2.49. The lowest BCUT2D eigenvalue weighted by Gasteiger charge is -2.32. The van der Waals surface area contributed by atoms with E-state index in [1.165, 1.54) is 21.0 Å². The molecule has 35 heavy (non-hydrogen) atoms. The van der Waals surface area contributed by atoms with Gasteiger partial charge in [-0.3, -0.25) is 9.59 Å². The molecular weight excluding hydrogens is 450 g/mol. The summed E-state index contributed by atoms with van der Waals surface area (Å²) in [5, 5.41) is 7.80. The molecule has 2 aromatic carbocycles. The van der Waals surface area contributed by atoms with Gasteiger partial charge in [0.25, 0.3) is 0 Å². The number of carbonyl (C=O) groups is 4. The maximum absolute atomic E-state index is 13.1. The maximum Gasteiger partial charge on any atom is 0.408 e. The van der Waals surface area contributed by atoms with E-state index in [2.05, 4.69) is 20.7 Å². The lowest BCUT2D eigenvalue weighted by molar-refractivity contribution is -0.145. The minimum Gasteiger partial charge on any atom is -0.467 e. The Balaban J connectivity index is 2.03. The molecule has 3 atom stereocenters. The minimum atomic E-state index is -1.36. The van der Waals surface area contributed by atoms with Crippen LogP contribution in [0.3, 0.4) is 0 Å². The largest absolute Gasteiger partial charge is 0.467 e. The smallest absolute Gasteiger partial charge is 0.408 e. The molecule has 0 unspecified atom stereocenters. The molecule has 0 spiro atoms. The first kappa shape index (κ1) is 27.4. The summed E-state index contributed by atoms with van der Waals surface area (Å²) in [5.74, 6) is -1.72. The Morgan fingerprint density at radius 2 is 1.43 bits per heavy atom. The summed E-state index contributed by atoms with van der Waals surface area (Å²) < 4.78 is 9.83. The predicted molar refractivity (Wildman–Crippen MR) is 130 cm³/mol. The Morgan fingerprint density at radius 3 is 2.00 bits per heavy atom. The Morgan fingerprint density at radius 1 is 0.857 bits per heavy atom. The van der Waals surface area contributed by atoms with E-state index in [-0.39, 0.29) is 13.0 Å². The maximum atomic E-state index is 13.1. The number of rotatable bonds is 11. The van der Waals surface area contributed by atoms with Gasteiger partial charge in [0.1, 0.15) is 24.2 Å². The molecule has 0 radical (unpaired) electrons. The fourth-order valence-corrected chi connectivity index (χ4v) is 3.25. The molecule has 9 heteroatoms. The van der Waals surface area contributed by atoms with Crippen LogP contribution in [0.4, 0.5) is 4.79 Å². The lowest BCUT2D eigenvalue weighted by Crippen LogP contribution is -2.62. The Hall–Kier alpha value is -3.88. The molecule has 0 bridgehead atoms. The lowest BCUT2D eigenvalue weighted by atomic mass is 9.91. The van der Waals surface area contributed by atoms with Gasteiger partial charge < -0.3 is 25.4 Å². The van der Waals surface area contributed by atoms with Crippen molar-refractivity contribution >= 4 is 23.9 Å². The second-order valence-corrected chi connectivity index (χ2v) is 8.45. The van der Waals surface area contributed by atoms with E-state index >= 15 is 0 Å². The standard InChI is InChI=1S/C26H33N3O6/c1-18(28-25(33)35-17-21-13-9-6-10-14-21)22(30)29-26(3,16-15-20-11-7-5-8-12-20)24(32)27-19(2)23(31)34-4/h5-14,18-19H,15-17H2,1-4H3,(H,27,32)(H,28,33)(H,29,30)/t18-,19-,26+/m0/s1. The van der Waals surface area contributed by atoms with Gasteiger partial charge in [0.05, 0.1) is 7.11 Å². The first-order chi connectivity index (χ1) is 16.6. The number of alkyl carbamates (subject to hydrolysis) is 1. The van der Waals surface area contributed by atoms with Crippen LogP contribution in [-0.4, -0.2) is 48.6 Å². The monoisotopic (exact) mass is 483 g/mol. The zero-order valence-corrected chi connectivity index (χ0v) is 20.5. The van der Waals surface area contributed by atoms with E-state index in [1.807, 2.05) is 60.7 Å². The quantitative estimate of drug-likeness (QED) is 0.422. The van der Waals surface area contributed by atoms with Crippen molar-refractivity contribution in [2.24, 2.45) is 0 Å². The van der Waals surface area contributed by atoms with Gasteiger partial charge in [0.2, 0.25) is 11.8 Å². The third kappa shape index (κ3) is 8.77. The first-order valence-corrected chi connectivity index (χ1v) is 11.4. The van der Waals surface area contributed by atoms with Crippen LogP contribution in [0.5, 0.6) is 0 Å². The van der Waals surface area contributed by atoms with Gasteiger partial charge in [0, 0.05) is 0 Å². The van der Waals surface area contributed by atoms with Gasteiger partial charge in [0.15, 0.2) is 0 Å². The molecule has 2 rings (SSSR count). The zero-order chi connectivity index (χ0) is 25.8. The fourth-order valence-electron chi connectivity index (χ4n) is 3.25. The number of amides is 3. The molecule has 3 N–H and O–H groups in total. The van der Waals surface area contributed by atoms with Crippen LogP contribution < -0.4 is 16.0 Å². The topological polar surface area (TPSA) is 123 Å².